The first kappa shape index (κ1) is 25.5. The molecule has 0 bridgehead atoms. The predicted octanol–water partition coefficient (Wildman–Crippen LogP) is 3.00. The number of amides is 1. The zero-order valence-corrected chi connectivity index (χ0v) is 19.0. The highest BCUT2D eigenvalue weighted by molar-refractivity contribution is 14.0. The van der Waals surface area contributed by atoms with Crippen LogP contribution in [0.15, 0.2) is 29.3 Å². The van der Waals surface area contributed by atoms with Gasteiger partial charge in [-0.2, -0.15) is 13.2 Å². The van der Waals surface area contributed by atoms with Crippen LogP contribution in [-0.4, -0.2) is 61.7 Å². The molecule has 10 heteroatoms. The average Bonchev–Trinajstić information content (AvgIpc) is 3.05. The van der Waals surface area contributed by atoms with E-state index in [1.807, 2.05) is 38.1 Å². The quantitative estimate of drug-likeness (QED) is 0.290. The van der Waals surface area contributed by atoms with Gasteiger partial charge in [0.2, 0.25) is 5.91 Å². The van der Waals surface area contributed by atoms with Crippen molar-refractivity contribution in [3.05, 3.63) is 29.8 Å². The van der Waals surface area contributed by atoms with E-state index in [9.17, 15) is 18.0 Å². The van der Waals surface area contributed by atoms with Crippen molar-refractivity contribution < 1.29 is 18.0 Å². The maximum Gasteiger partial charge on any atom is 0.401 e. The van der Waals surface area contributed by atoms with E-state index in [-0.39, 0.29) is 42.5 Å². The molecule has 6 nitrogen and oxygen atoms in total. The van der Waals surface area contributed by atoms with Crippen LogP contribution in [0.2, 0.25) is 0 Å². The Morgan fingerprint density at radius 2 is 2.07 bits per heavy atom. The average molecular weight is 527 g/mol. The number of nitrogens with one attached hydrogen (secondary N) is 3. The highest BCUT2D eigenvalue weighted by Crippen LogP contribution is 2.19. The van der Waals surface area contributed by atoms with Crippen LogP contribution in [0.5, 0.6) is 0 Å². The lowest BCUT2D eigenvalue weighted by atomic mass is 10.1. The number of rotatable bonds is 7. The van der Waals surface area contributed by atoms with Gasteiger partial charge in [0, 0.05) is 31.4 Å². The third-order valence-corrected chi connectivity index (χ3v) is 4.36. The molecule has 1 aromatic carbocycles. The van der Waals surface area contributed by atoms with Crippen molar-refractivity contribution in [1.29, 1.82) is 0 Å². The van der Waals surface area contributed by atoms with Crippen LogP contribution < -0.4 is 16.0 Å². The van der Waals surface area contributed by atoms with Gasteiger partial charge in [-0.25, -0.2) is 4.99 Å². The highest BCUT2D eigenvalue weighted by atomic mass is 127. The van der Waals surface area contributed by atoms with E-state index in [0.717, 1.165) is 17.7 Å². The molecule has 1 unspecified atom stereocenters. The minimum atomic E-state index is -4.19. The fourth-order valence-corrected chi connectivity index (χ4v) is 3.08. The van der Waals surface area contributed by atoms with E-state index in [4.69, 9.17) is 0 Å². The molecule has 164 valence electrons. The van der Waals surface area contributed by atoms with E-state index >= 15 is 0 Å². The molecule has 1 fully saturated rings. The van der Waals surface area contributed by atoms with Gasteiger partial charge in [-0.3, -0.25) is 9.69 Å². The number of halogens is 4. The Morgan fingerprint density at radius 1 is 1.31 bits per heavy atom. The van der Waals surface area contributed by atoms with E-state index < -0.39 is 12.7 Å². The summed E-state index contributed by atoms with van der Waals surface area (Å²) < 4.78 is 37.5. The van der Waals surface area contributed by atoms with Gasteiger partial charge in [0.25, 0.3) is 0 Å². The van der Waals surface area contributed by atoms with E-state index in [0.29, 0.717) is 32.0 Å². The Hall–Kier alpha value is -1.56. The topological polar surface area (TPSA) is 68.8 Å². The molecule has 1 saturated heterocycles. The standard InChI is InChI=1S/C19H28F3N5O.HI/c1-3-14-6-5-7-15(10-14)25-17(28)11-24-18(23-4-2)26-16-8-9-27(12-16)13-19(20,21)22;/h5-7,10,16H,3-4,8-9,11-13H2,1-2H3,(H,25,28)(H2,23,24,26);1H. The first-order chi connectivity index (χ1) is 13.3. The third-order valence-electron chi connectivity index (χ3n) is 4.36. The Labute approximate surface area is 186 Å². The summed E-state index contributed by atoms with van der Waals surface area (Å²) in [6.45, 7) is 4.20. The largest absolute Gasteiger partial charge is 0.401 e. The molecule has 0 radical (unpaired) electrons. The van der Waals surface area contributed by atoms with Crippen molar-refractivity contribution in [2.75, 3.05) is 38.0 Å². The van der Waals surface area contributed by atoms with Crippen LogP contribution in [0, 0.1) is 0 Å². The van der Waals surface area contributed by atoms with Gasteiger partial charge in [0.1, 0.15) is 6.54 Å². The Morgan fingerprint density at radius 3 is 2.72 bits per heavy atom. The molecule has 0 spiro atoms. The number of anilines is 1. The number of carbonyl (C=O) groups excluding carboxylic acids is 1. The number of aryl methyl sites for hydroxylation is 1. The maximum absolute atomic E-state index is 12.5. The number of alkyl halides is 3. The summed E-state index contributed by atoms with van der Waals surface area (Å²) in [5.41, 5.74) is 1.84. The van der Waals surface area contributed by atoms with Crippen LogP contribution in [0.25, 0.3) is 0 Å². The van der Waals surface area contributed by atoms with E-state index in [1.54, 1.807) is 0 Å². The zero-order valence-electron chi connectivity index (χ0n) is 16.7. The Balaban J connectivity index is 0.00000420. The molecule has 29 heavy (non-hydrogen) atoms. The molecule has 1 aliphatic heterocycles. The summed E-state index contributed by atoms with van der Waals surface area (Å²) in [5.74, 6) is 0.175. The molecule has 1 aliphatic rings. The third kappa shape index (κ3) is 9.66. The van der Waals surface area contributed by atoms with Gasteiger partial charge in [0.15, 0.2) is 5.96 Å². The molecule has 1 aromatic rings. The SMILES string of the molecule is CCNC(=NCC(=O)Nc1cccc(CC)c1)NC1CCN(CC(F)(F)F)C1.I. The maximum atomic E-state index is 12.5. The van der Waals surface area contributed by atoms with Crippen LogP contribution in [-0.2, 0) is 11.2 Å². The number of likely N-dealkylation sites (tertiary alicyclic amines) is 1. The van der Waals surface area contributed by atoms with Gasteiger partial charge in [-0.1, -0.05) is 19.1 Å². The summed E-state index contributed by atoms with van der Waals surface area (Å²) in [5, 5.41) is 8.95. The van der Waals surface area contributed by atoms with Crippen LogP contribution in [0.1, 0.15) is 25.8 Å². The molecule has 0 aromatic heterocycles. The Bertz CT molecular complexity index is 684. The van der Waals surface area contributed by atoms with E-state index in [1.165, 1.54) is 4.90 Å². The molecular formula is C19H29F3IN5O. The van der Waals surface area contributed by atoms with Gasteiger partial charge in [-0.15, -0.1) is 24.0 Å². The summed E-state index contributed by atoms with van der Waals surface area (Å²) >= 11 is 0. The molecule has 0 aliphatic carbocycles. The van der Waals surface area contributed by atoms with Crippen LogP contribution in [0.3, 0.4) is 0 Å². The van der Waals surface area contributed by atoms with Gasteiger partial charge < -0.3 is 16.0 Å². The second-order valence-corrected chi connectivity index (χ2v) is 6.78. The molecular weight excluding hydrogens is 498 g/mol. The molecule has 1 atom stereocenters. The fourth-order valence-electron chi connectivity index (χ4n) is 3.08. The summed E-state index contributed by atoms with van der Waals surface area (Å²) in [6, 6.07) is 7.47. The minimum Gasteiger partial charge on any atom is -0.357 e. The number of aliphatic imine (C=N–C) groups is 1. The highest BCUT2D eigenvalue weighted by Gasteiger charge is 2.34. The normalized spacial score (nSPS) is 17.6. The lowest BCUT2D eigenvalue weighted by molar-refractivity contribution is -0.143. The predicted molar refractivity (Wildman–Crippen MR) is 120 cm³/mol. The van der Waals surface area contributed by atoms with Crippen molar-refractivity contribution in [2.45, 2.75) is 38.9 Å². The van der Waals surface area contributed by atoms with Gasteiger partial charge >= 0.3 is 6.18 Å². The smallest absolute Gasteiger partial charge is 0.357 e. The van der Waals surface area contributed by atoms with Crippen molar-refractivity contribution >= 4 is 41.5 Å². The van der Waals surface area contributed by atoms with Crippen molar-refractivity contribution in [1.82, 2.24) is 15.5 Å². The molecule has 1 amide bonds. The monoisotopic (exact) mass is 527 g/mol. The van der Waals surface area contributed by atoms with Crippen molar-refractivity contribution in [3.63, 3.8) is 0 Å². The first-order valence-corrected chi connectivity index (χ1v) is 9.51. The van der Waals surface area contributed by atoms with Crippen molar-refractivity contribution in [3.8, 4) is 0 Å². The molecule has 0 saturated carbocycles. The van der Waals surface area contributed by atoms with Gasteiger partial charge in [-0.05, 0) is 37.5 Å². The Kier molecular flexibility index (Phi) is 10.7. The first-order valence-electron chi connectivity index (χ1n) is 9.51. The zero-order chi connectivity index (χ0) is 20.6. The van der Waals surface area contributed by atoms with Crippen LogP contribution in [0.4, 0.5) is 18.9 Å². The molecule has 3 N–H and O–H groups in total. The molecule has 1 heterocycles. The number of carbonyl (C=O) groups is 1. The number of nitrogens with zero attached hydrogens (tertiary/aromatic N) is 2. The second kappa shape index (κ2) is 12.2. The fraction of sp³-hybridized carbons (Fsp3) is 0.579. The summed E-state index contributed by atoms with van der Waals surface area (Å²) in [4.78, 5) is 17.8. The number of guanidine groups is 1. The second-order valence-electron chi connectivity index (χ2n) is 6.78. The lowest BCUT2D eigenvalue weighted by Gasteiger charge is -2.19. The van der Waals surface area contributed by atoms with E-state index in [2.05, 4.69) is 20.9 Å². The number of hydrogen-bond donors (Lipinski definition) is 3. The number of benzene rings is 1. The number of hydrogen-bond acceptors (Lipinski definition) is 3. The van der Waals surface area contributed by atoms with Crippen molar-refractivity contribution in [2.24, 2.45) is 4.99 Å². The lowest BCUT2D eigenvalue weighted by Crippen LogP contribution is -2.45. The molecule has 2 rings (SSSR count). The summed E-state index contributed by atoms with van der Waals surface area (Å²) in [7, 11) is 0. The van der Waals surface area contributed by atoms with Gasteiger partial charge in [0.05, 0.1) is 6.54 Å². The minimum absolute atomic E-state index is 0. The summed E-state index contributed by atoms with van der Waals surface area (Å²) in [6.07, 6.45) is -2.72. The van der Waals surface area contributed by atoms with Crippen LogP contribution >= 0.6 is 24.0 Å².